The smallest absolute Gasteiger partial charge is 0.314 e. The third-order valence-corrected chi connectivity index (χ3v) is 2.95. The maximum Gasteiger partial charge on any atom is 0.314 e. The first-order chi connectivity index (χ1) is 6.44. The van der Waals surface area contributed by atoms with Crippen molar-refractivity contribution in [2.75, 3.05) is 6.61 Å². The number of hydrogen-bond acceptors (Lipinski definition) is 3. The summed E-state index contributed by atoms with van der Waals surface area (Å²) in [5.74, 6) is -0.339. The van der Waals surface area contributed by atoms with Gasteiger partial charge in [0.1, 0.15) is 0 Å². The second kappa shape index (κ2) is 3.73. The minimum absolute atomic E-state index is 0.339. The summed E-state index contributed by atoms with van der Waals surface area (Å²) in [4.78, 5) is 11.6. The van der Waals surface area contributed by atoms with E-state index in [1.807, 2.05) is 6.08 Å². The van der Waals surface area contributed by atoms with Crippen molar-refractivity contribution in [2.24, 2.45) is 5.41 Å². The number of aliphatic hydroxyl groups is 1. The van der Waals surface area contributed by atoms with Crippen molar-refractivity contribution in [3.63, 3.8) is 0 Å². The Balaban J connectivity index is 2.82. The number of ether oxygens (including phenoxy) is 1. The first-order valence-corrected chi connectivity index (χ1v) is 5.01. The summed E-state index contributed by atoms with van der Waals surface area (Å²) < 4.78 is 4.95. The second-order valence-corrected chi connectivity index (χ2v) is 4.21. The number of rotatable bonds is 3. The first kappa shape index (κ1) is 11.2. The molecular weight excluding hydrogens is 180 g/mol. The largest absolute Gasteiger partial charge is 0.465 e. The first-order valence-electron chi connectivity index (χ1n) is 5.01. The Labute approximate surface area is 84.8 Å². The fourth-order valence-electron chi connectivity index (χ4n) is 1.67. The molecular formula is C11H18O3. The molecule has 0 bridgehead atoms. The van der Waals surface area contributed by atoms with Crippen LogP contribution in [-0.4, -0.2) is 23.3 Å². The molecule has 3 heteroatoms. The highest BCUT2D eigenvalue weighted by Gasteiger charge is 2.49. The maximum absolute atomic E-state index is 11.6. The van der Waals surface area contributed by atoms with Gasteiger partial charge in [-0.3, -0.25) is 4.79 Å². The number of carbonyl (C=O) groups is 1. The molecule has 0 spiro atoms. The molecule has 1 rings (SSSR count). The van der Waals surface area contributed by atoms with Gasteiger partial charge in [-0.1, -0.05) is 12.2 Å². The molecule has 0 aromatic heterocycles. The van der Waals surface area contributed by atoms with Crippen LogP contribution >= 0.6 is 0 Å². The van der Waals surface area contributed by atoms with Crippen molar-refractivity contribution in [3.05, 3.63) is 12.2 Å². The third-order valence-electron chi connectivity index (χ3n) is 2.95. The van der Waals surface area contributed by atoms with Crippen LogP contribution < -0.4 is 0 Å². The molecule has 1 atom stereocenters. The van der Waals surface area contributed by atoms with Gasteiger partial charge in [-0.2, -0.15) is 0 Å². The highest BCUT2D eigenvalue weighted by molar-refractivity contribution is 5.78. The summed E-state index contributed by atoms with van der Waals surface area (Å²) in [7, 11) is 0. The number of carbonyl (C=O) groups excluding carboxylic acids is 1. The summed E-state index contributed by atoms with van der Waals surface area (Å²) in [5, 5.41) is 10.2. The Bertz CT molecular complexity index is 255. The summed E-state index contributed by atoms with van der Waals surface area (Å²) in [6.45, 7) is 5.56. The molecule has 0 fully saturated rings. The van der Waals surface area contributed by atoms with Crippen LogP contribution in [0.2, 0.25) is 0 Å². The van der Waals surface area contributed by atoms with Gasteiger partial charge in [-0.25, -0.2) is 0 Å². The second-order valence-electron chi connectivity index (χ2n) is 4.21. The van der Waals surface area contributed by atoms with Crippen LogP contribution in [0.25, 0.3) is 0 Å². The predicted molar refractivity (Wildman–Crippen MR) is 53.7 cm³/mol. The van der Waals surface area contributed by atoms with E-state index in [4.69, 9.17) is 4.74 Å². The van der Waals surface area contributed by atoms with Gasteiger partial charge >= 0.3 is 5.97 Å². The van der Waals surface area contributed by atoms with Crippen molar-refractivity contribution in [1.29, 1.82) is 0 Å². The van der Waals surface area contributed by atoms with Crippen molar-refractivity contribution in [1.82, 2.24) is 0 Å². The molecule has 0 heterocycles. The SMILES string of the molecule is CCOC(=O)C(C)(C)C1(O)C=CCC1. The lowest BCUT2D eigenvalue weighted by Crippen LogP contribution is -2.47. The van der Waals surface area contributed by atoms with E-state index in [0.717, 1.165) is 6.42 Å². The number of esters is 1. The van der Waals surface area contributed by atoms with E-state index in [0.29, 0.717) is 13.0 Å². The summed E-state index contributed by atoms with van der Waals surface area (Å²) >= 11 is 0. The zero-order valence-corrected chi connectivity index (χ0v) is 9.04. The molecule has 14 heavy (non-hydrogen) atoms. The summed E-state index contributed by atoms with van der Waals surface area (Å²) in [6.07, 6.45) is 5.03. The van der Waals surface area contributed by atoms with Crippen molar-refractivity contribution >= 4 is 5.97 Å². The molecule has 0 saturated carbocycles. The van der Waals surface area contributed by atoms with Crippen molar-refractivity contribution in [2.45, 2.75) is 39.2 Å². The average Bonchev–Trinajstić information content (AvgIpc) is 2.54. The lowest BCUT2D eigenvalue weighted by molar-refractivity contribution is -0.165. The van der Waals surface area contributed by atoms with Gasteiger partial charge in [0.05, 0.1) is 17.6 Å². The van der Waals surface area contributed by atoms with Gasteiger partial charge < -0.3 is 9.84 Å². The normalized spacial score (nSPS) is 26.6. The Kier molecular flexibility index (Phi) is 3.00. The van der Waals surface area contributed by atoms with Crippen LogP contribution in [0.4, 0.5) is 0 Å². The number of allylic oxidation sites excluding steroid dienone is 1. The molecule has 0 amide bonds. The van der Waals surface area contributed by atoms with E-state index in [1.165, 1.54) is 0 Å². The standard InChI is InChI=1S/C11H18O3/c1-4-14-9(12)10(2,3)11(13)7-5-6-8-11/h5,7,13H,4,6,8H2,1-3H3. The minimum Gasteiger partial charge on any atom is -0.465 e. The van der Waals surface area contributed by atoms with Gasteiger partial charge in [-0.05, 0) is 33.6 Å². The highest BCUT2D eigenvalue weighted by atomic mass is 16.5. The molecule has 0 radical (unpaired) electrons. The van der Waals surface area contributed by atoms with E-state index in [-0.39, 0.29) is 5.97 Å². The molecule has 0 aromatic carbocycles. The lowest BCUT2D eigenvalue weighted by Gasteiger charge is -2.36. The predicted octanol–water partition coefficient (Wildman–Crippen LogP) is 1.66. The monoisotopic (exact) mass is 198 g/mol. The molecule has 1 aliphatic rings. The lowest BCUT2D eigenvalue weighted by atomic mass is 9.74. The molecule has 80 valence electrons. The van der Waals surface area contributed by atoms with Crippen LogP contribution in [0, 0.1) is 5.41 Å². The van der Waals surface area contributed by atoms with Gasteiger partial charge in [0, 0.05) is 0 Å². The van der Waals surface area contributed by atoms with Crippen LogP contribution in [0.1, 0.15) is 33.6 Å². The fraction of sp³-hybridized carbons (Fsp3) is 0.727. The van der Waals surface area contributed by atoms with E-state index in [9.17, 15) is 9.90 Å². The van der Waals surface area contributed by atoms with Crippen LogP contribution in [0.15, 0.2) is 12.2 Å². The van der Waals surface area contributed by atoms with Gasteiger partial charge in [0.2, 0.25) is 0 Å². The maximum atomic E-state index is 11.6. The molecule has 0 aromatic rings. The van der Waals surface area contributed by atoms with Gasteiger partial charge in [0.25, 0.3) is 0 Å². The summed E-state index contributed by atoms with van der Waals surface area (Å²) in [5.41, 5.74) is -1.91. The molecule has 0 saturated heterocycles. The zero-order chi connectivity index (χ0) is 10.8. The van der Waals surface area contributed by atoms with Gasteiger partial charge in [-0.15, -0.1) is 0 Å². The molecule has 1 N–H and O–H groups in total. The van der Waals surface area contributed by atoms with Crippen LogP contribution in [0.5, 0.6) is 0 Å². The number of hydrogen-bond donors (Lipinski definition) is 1. The Hall–Kier alpha value is -0.830. The molecule has 1 aliphatic carbocycles. The Morgan fingerprint density at radius 2 is 2.29 bits per heavy atom. The van der Waals surface area contributed by atoms with Crippen molar-refractivity contribution < 1.29 is 14.6 Å². The van der Waals surface area contributed by atoms with E-state index < -0.39 is 11.0 Å². The zero-order valence-electron chi connectivity index (χ0n) is 9.04. The molecule has 3 nitrogen and oxygen atoms in total. The Morgan fingerprint density at radius 1 is 1.64 bits per heavy atom. The van der Waals surface area contributed by atoms with Crippen molar-refractivity contribution in [3.8, 4) is 0 Å². The third kappa shape index (κ3) is 1.69. The average molecular weight is 198 g/mol. The highest BCUT2D eigenvalue weighted by Crippen LogP contribution is 2.40. The van der Waals surface area contributed by atoms with Crippen LogP contribution in [0.3, 0.4) is 0 Å². The molecule has 0 aliphatic heterocycles. The Morgan fingerprint density at radius 3 is 2.71 bits per heavy atom. The fourth-order valence-corrected chi connectivity index (χ4v) is 1.67. The van der Waals surface area contributed by atoms with Crippen LogP contribution in [-0.2, 0) is 9.53 Å². The van der Waals surface area contributed by atoms with E-state index >= 15 is 0 Å². The van der Waals surface area contributed by atoms with E-state index in [1.54, 1.807) is 26.8 Å². The quantitative estimate of drug-likeness (QED) is 0.554. The topological polar surface area (TPSA) is 46.5 Å². The van der Waals surface area contributed by atoms with E-state index in [2.05, 4.69) is 0 Å². The van der Waals surface area contributed by atoms with Gasteiger partial charge in [0.15, 0.2) is 0 Å². The molecule has 1 unspecified atom stereocenters. The minimum atomic E-state index is -1.04. The summed E-state index contributed by atoms with van der Waals surface area (Å²) in [6, 6.07) is 0.